The molecule has 0 bridgehead atoms. The number of anilines is 1. The van der Waals surface area contributed by atoms with E-state index in [1.54, 1.807) is 0 Å². The fourth-order valence-electron chi connectivity index (χ4n) is 1.15. The Hall–Kier alpha value is -1.51. The second kappa shape index (κ2) is 2.27. The Morgan fingerprint density at radius 1 is 1.36 bits per heavy atom. The maximum absolute atomic E-state index is 3.89. The molecule has 0 fully saturated rings. The molecule has 0 unspecified atom stereocenters. The van der Waals surface area contributed by atoms with Gasteiger partial charge in [-0.1, -0.05) is 12.1 Å². The van der Waals surface area contributed by atoms with Crippen molar-refractivity contribution in [3.8, 4) is 0 Å². The van der Waals surface area contributed by atoms with E-state index in [-0.39, 0.29) is 0 Å². The van der Waals surface area contributed by atoms with Gasteiger partial charge >= 0.3 is 0 Å². The van der Waals surface area contributed by atoms with E-state index in [4.69, 9.17) is 0 Å². The lowest BCUT2D eigenvalue weighted by Gasteiger charge is -2.14. The molecule has 2 N–H and O–H groups in total. The van der Waals surface area contributed by atoms with Crippen LogP contribution in [0.2, 0.25) is 0 Å². The summed E-state index contributed by atoms with van der Waals surface area (Å²) in [5.74, 6) is 0. The summed E-state index contributed by atoms with van der Waals surface area (Å²) in [7, 11) is 0. The zero-order chi connectivity index (χ0) is 7.68. The molecule has 0 aromatic heterocycles. The van der Waals surface area contributed by atoms with E-state index in [9.17, 15) is 0 Å². The minimum Gasteiger partial charge on any atom is -0.285 e. The van der Waals surface area contributed by atoms with Crippen LogP contribution in [0, 0.1) is 6.92 Å². The molecule has 56 valence electrons. The highest BCUT2D eigenvalue weighted by Crippen LogP contribution is 2.17. The Balaban J connectivity index is 2.60. The van der Waals surface area contributed by atoms with Crippen molar-refractivity contribution in [3.05, 3.63) is 29.3 Å². The molecule has 0 atom stereocenters. The number of fused-ring (bicyclic) bond motifs is 1. The van der Waals surface area contributed by atoms with Crippen molar-refractivity contribution in [2.24, 2.45) is 5.10 Å². The minimum absolute atomic E-state index is 1.08. The van der Waals surface area contributed by atoms with E-state index < -0.39 is 0 Å². The lowest BCUT2D eigenvalue weighted by molar-refractivity contribution is 0.871. The van der Waals surface area contributed by atoms with Gasteiger partial charge in [0.05, 0.1) is 11.9 Å². The van der Waals surface area contributed by atoms with Gasteiger partial charge in [0.1, 0.15) is 0 Å². The SMILES string of the molecule is Cc1cccc2c1C=NNN2. The first-order valence-corrected chi connectivity index (χ1v) is 3.51. The summed E-state index contributed by atoms with van der Waals surface area (Å²) >= 11 is 0. The summed E-state index contributed by atoms with van der Waals surface area (Å²) in [6.07, 6.45) is 1.82. The van der Waals surface area contributed by atoms with Crippen molar-refractivity contribution in [3.63, 3.8) is 0 Å². The first kappa shape index (κ1) is 6.22. The van der Waals surface area contributed by atoms with Gasteiger partial charge in [0.15, 0.2) is 0 Å². The van der Waals surface area contributed by atoms with Gasteiger partial charge in [-0.15, -0.1) is 0 Å². The van der Waals surface area contributed by atoms with E-state index in [0.717, 1.165) is 11.3 Å². The molecule has 0 amide bonds. The van der Waals surface area contributed by atoms with Gasteiger partial charge < -0.3 is 0 Å². The Kier molecular flexibility index (Phi) is 1.28. The maximum Gasteiger partial charge on any atom is 0.0646 e. The van der Waals surface area contributed by atoms with Crippen molar-refractivity contribution < 1.29 is 0 Å². The predicted octanol–water partition coefficient (Wildman–Crippen LogP) is 1.26. The van der Waals surface area contributed by atoms with Crippen LogP contribution in [0.25, 0.3) is 0 Å². The zero-order valence-electron chi connectivity index (χ0n) is 6.26. The van der Waals surface area contributed by atoms with Crippen LogP contribution in [0.1, 0.15) is 11.1 Å². The summed E-state index contributed by atoms with van der Waals surface area (Å²) in [5.41, 5.74) is 9.12. The average Bonchev–Trinajstić information content (AvgIpc) is 2.06. The Bertz CT molecular complexity index is 304. The van der Waals surface area contributed by atoms with Crippen LogP contribution < -0.4 is 11.0 Å². The molecule has 1 aliphatic heterocycles. The molecule has 1 heterocycles. The molecule has 11 heavy (non-hydrogen) atoms. The molecule has 2 rings (SSSR count). The summed E-state index contributed by atoms with van der Waals surface area (Å²) in [5, 5.41) is 3.89. The third kappa shape index (κ3) is 0.941. The van der Waals surface area contributed by atoms with Crippen LogP contribution in [0.5, 0.6) is 0 Å². The largest absolute Gasteiger partial charge is 0.285 e. The van der Waals surface area contributed by atoms with E-state index in [1.807, 2.05) is 18.3 Å². The van der Waals surface area contributed by atoms with Gasteiger partial charge in [0.25, 0.3) is 0 Å². The summed E-state index contributed by atoms with van der Waals surface area (Å²) in [4.78, 5) is 0. The first-order chi connectivity index (χ1) is 5.38. The van der Waals surface area contributed by atoms with Gasteiger partial charge in [-0.25, -0.2) is 5.53 Å². The maximum atomic E-state index is 3.89. The average molecular weight is 147 g/mol. The number of nitrogens with zero attached hydrogens (tertiary/aromatic N) is 1. The zero-order valence-corrected chi connectivity index (χ0v) is 6.26. The summed E-state index contributed by atoms with van der Waals surface area (Å²) in [6.45, 7) is 2.07. The molecule has 0 saturated carbocycles. The van der Waals surface area contributed by atoms with Gasteiger partial charge in [0, 0.05) is 5.56 Å². The van der Waals surface area contributed by atoms with Crippen molar-refractivity contribution in [1.82, 2.24) is 5.53 Å². The standard InChI is InChI=1S/C8H9N3/c1-6-3-2-4-8-7(6)5-9-11-10-8/h2-5,10-11H,1H3. The monoisotopic (exact) mass is 147 g/mol. The number of hydrogen-bond donors (Lipinski definition) is 2. The lowest BCUT2D eigenvalue weighted by Crippen LogP contribution is -2.20. The first-order valence-electron chi connectivity index (χ1n) is 3.51. The summed E-state index contributed by atoms with van der Waals surface area (Å²) in [6, 6.07) is 6.10. The topological polar surface area (TPSA) is 36.4 Å². The Morgan fingerprint density at radius 3 is 3.09 bits per heavy atom. The van der Waals surface area contributed by atoms with Crippen molar-refractivity contribution >= 4 is 11.9 Å². The van der Waals surface area contributed by atoms with Gasteiger partial charge in [-0.2, -0.15) is 5.10 Å². The highest BCUT2D eigenvalue weighted by Gasteiger charge is 2.04. The normalized spacial score (nSPS) is 13.2. The molecule has 0 aliphatic carbocycles. The highest BCUT2D eigenvalue weighted by molar-refractivity contribution is 5.90. The van der Waals surface area contributed by atoms with Crippen molar-refractivity contribution in [2.75, 3.05) is 5.43 Å². The van der Waals surface area contributed by atoms with Crippen LogP contribution in [0.15, 0.2) is 23.3 Å². The molecule has 0 saturated heterocycles. The lowest BCUT2D eigenvalue weighted by atomic mass is 10.1. The molecule has 3 heteroatoms. The number of hydrogen-bond acceptors (Lipinski definition) is 3. The van der Waals surface area contributed by atoms with Gasteiger partial charge in [-0.3, -0.25) is 5.43 Å². The van der Waals surface area contributed by atoms with Crippen molar-refractivity contribution in [2.45, 2.75) is 6.92 Å². The van der Waals surface area contributed by atoms with E-state index in [1.165, 1.54) is 5.56 Å². The molecule has 0 spiro atoms. The fourth-order valence-corrected chi connectivity index (χ4v) is 1.15. The van der Waals surface area contributed by atoms with Crippen LogP contribution in [0.4, 0.5) is 5.69 Å². The van der Waals surface area contributed by atoms with E-state index in [0.29, 0.717) is 0 Å². The van der Waals surface area contributed by atoms with Gasteiger partial charge in [-0.05, 0) is 18.6 Å². The summed E-state index contributed by atoms with van der Waals surface area (Å²) < 4.78 is 0. The Labute approximate surface area is 65.1 Å². The number of hydrazine groups is 1. The number of benzene rings is 1. The van der Waals surface area contributed by atoms with Crippen LogP contribution >= 0.6 is 0 Å². The highest BCUT2D eigenvalue weighted by atomic mass is 15.6. The molecular formula is C8H9N3. The molecule has 1 aromatic carbocycles. The predicted molar refractivity (Wildman–Crippen MR) is 45.5 cm³/mol. The van der Waals surface area contributed by atoms with E-state index in [2.05, 4.69) is 29.1 Å². The molecule has 1 aromatic rings. The van der Waals surface area contributed by atoms with Crippen LogP contribution in [0.3, 0.4) is 0 Å². The fraction of sp³-hybridized carbons (Fsp3) is 0.125. The van der Waals surface area contributed by atoms with E-state index >= 15 is 0 Å². The third-order valence-electron chi connectivity index (χ3n) is 1.77. The second-order valence-electron chi connectivity index (χ2n) is 2.53. The smallest absolute Gasteiger partial charge is 0.0646 e. The van der Waals surface area contributed by atoms with Gasteiger partial charge in [0.2, 0.25) is 0 Å². The van der Waals surface area contributed by atoms with Crippen molar-refractivity contribution in [1.29, 1.82) is 0 Å². The molecule has 1 aliphatic rings. The molecule has 0 radical (unpaired) electrons. The minimum atomic E-state index is 1.08. The van der Waals surface area contributed by atoms with Crippen LogP contribution in [-0.4, -0.2) is 6.21 Å². The quantitative estimate of drug-likeness (QED) is 0.579. The van der Waals surface area contributed by atoms with Crippen LogP contribution in [-0.2, 0) is 0 Å². The number of hydrazone groups is 1. The number of aryl methyl sites for hydroxylation is 1. The molecular weight excluding hydrogens is 138 g/mol. The number of rotatable bonds is 0. The molecule has 3 nitrogen and oxygen atoms in total. The Morgan fingerprint density at radius 2 is 2.27 bits per heavy atom. The number of nitrogens with one attached hydrogen (secondary N) is 2. The second-order valence-corrected chi connectivity index (χ2v) is 2.53. The third-order valence-corrected chi connectivity index (χ3v) is 1.77.